The molecule has 0 saturated heterocycles. The van der Waals surface area contributed by atoms with Crippen molar-refractivity contribution in [2.75, 3.05) is 26.8 Å². The number of aliphatic carboxylic acids is 1. The van der Waals surface area contributed by atoms with Crippen molar-refractivity contribution in [2.24, 2.45) is 0 Å². The monoisotopic (exact) mass is 293 g/mol. The summed E-state index contributed by atoms with van der Waals surface area (Å²) in [5.41, 5.74) is 1.83. The third-order valence-corrected chi connectivity index (χ3v) is 3.19. The molecular weight excluding hydrogens is 270 g/mol. The highest BCUT2D eigenvalue weighted by atomic mass is 16.5. The summed E-state index contributed by atoms with van der Waals surface area (Å²) in [6.45, 7) is 4.75. The molecular formula is C16H23NO4. The number of nitrogens with zero attached hydrogens (tertiary/aromatic N) is 1. The van der Waals surface area contributed by atoms with Crippen molar-refractivity contribution in [1.29, 1.82) is 0 Å². The van der Waals surface area contributed by atoms with Gasteiger partial charge in [0.2, 0.25) is 0 Å². The van der Waals surface area contributed by atoms with Crippen molar-refractivity contribution in [1.82, 2.24) is 4.90 Å². The molecule has 1 aromatic carbocycles. The molecule has 0 heterocycles. The second-order valence-corrected chi connectivity index (χ2v) is 4.69. The van der Waals surface area contributed by atoms with Crippen LogP contribution in [-0.2, 0) is 11.3 Å². The number of rotatable bonds is 9. The lowest BCUT2D eigenvalue weighted by Crippen LogP contribution is -2.24. The van der Waals surface area contributed by atoms with Crippen molar-refractivity contribution in [3.63, 3.8) is 0 Å². The molecule has 0 bridgehead atoms. The van der Waals surface area contributed by atoms with E-state index < -0.39 is 5.97 Å². The van der Waals surface area contributed by atoms with Crippen LogP contribution in [0, 0.1) is 0 Å². The average Bonchev–Trinajstić information content (AvgIpc) is 2.49. The van der Waals surface area contributed by atoms with Gasteiger partial charge < -0.3 is 14.9 Å². The molecule has 1 aromatic rings. The second kappa shape index (κ2) is 9.15. The van der Waals surface area contributed by atoms with Gasteiger partial charge in [0, 0.05) is 31.3 Å². The molecule has 0 saturated carbocycles. The quantitative estimate of drug-likeness (QED) is 0.681. The summed E-state index contributed by atoms with van der Waals surface area (Å²) in [4.78, 5) is 12.9. The number of carboxylic acids is 1. The van der Waals surface area contributed by atoms with Gasteiger partial charge in [-0.05, 0) is 36.7 Å². The summed E-state index contributed by atoms with van der Waals surface area (Å²) in [6.07, 6.45) is 3.38. The third-order valence-electron chi connectivity index (χ3n) is 3.19. The summed E-state index contributed by atoms with van der Waals surface area (Å²) < 4.78 is 5.24. The van der Waals surface area contributed by atoms with Crippen LogP contribution in [0.25, 0.3) is 6.08 Å². The van der Waals surface area contributed by atoms with Gasteiger partial charge in [0.1, 0.15) is 5.75 Å². The minimum absolute atomic E-state index is 0.186. The van der Waals surface area contributed by atoms with E-state index in [0.717, 1.165) is 43.3 Å². The number of hydrogen-bond donors (Lipinski definition) is 2. The van der Waals surface area contributed by atoms with Gasteiger partial charge in [0.15, 0.2) is 0 Å². The Kier molecular flexibility index (Phi) is 7.50. The Morgan fingerprint density at radius 2 is 2.19 bits per heavy atom. The molecule has 0 fully saturated rings. The molecule has 116 valence electrons. The van der Waals surface area contributed by atoms with Crippen molar-refractivity contribution in [3.8, 4) is 5.75 Å². The van der Waals surface area contributed by atoms with E-state index in [4.69, 9.17) is 14.9 Å². The number of carboxylic acid groups (broad SMARTS) is 1. The number of carbonyl (C=O) groups is 1. The molecule has 0 spiro atoms. The molecule has 0 aliphatic rings. The van der Waals surface area contributed by atoms with E-state index in [1.807, 2.05) is 18.2 Å². The van der Waals surface area contributed by atoms with Crippen molar-refractivity contribution >= 4 is 12.0 Å². The number of benzene rings is 1. The topological polar surface area (TPSA) is 70.0 Å². The number of aliphatic hydroxyl groups excluding tert-OH is 1. The Labute approximate surface area is 125 Å². The average molecular weight is 293 g/mol. The molecule has 21 heavy (non-hydrogen) atoms. The van der Waals surface area contributed by atoms with Gasteiger partial charge in [-0.3, -0.25) is 4.90 Å². The fraction of sp³-hybridized carbons (Fsp3) is 0.438. The number of methoxy groups -OCH3 is 1. The minimum atomic E-state index is -0.986. The second-order valence-electron chi connectivity index (χ2n) is 4.69. The highest BCUT2D eigenvalue weighted by Gasteiger charge is 2.07. The molecule has 5 heteroatoms. The van der Waals surface area contributed by atoms with Gasteiger partial charge in [-0.1, -0.05) is 13.0 Å². The Morgan fingerprint density at radius 1 is 1.43 bits per heavy atom. The van der Waals surface area contributed by atoms with Crippen LogP contribution in [0.3, 0.4) is 0 Å². The van der Waals surface area contributed by atoms with E-state index in [0.29, 0.717) is 5.75 Å². The Balaban J connectivity index is 2.88. The summed E-state index contributed by atoms with van der Waals surface area (Å²) in [6, 6.07) is 5.75. The van der Waals surface area contributed by atoms with E-state index in [1.54, 1.807) is 7.11 Å². The number of hydrogen-bond acceptors (Lipinski definition) is 4. The van der Waals surface area contributed by atoms with E-state index in [-0.39, 0.29) is 6.61 Å². The first kappa shape index (κ1) is 17.2. The van der Waals surface area contributed by atoms with Crippen LogP contribution in [0.2, 0.25) is 0 Å². The normalized spacial score (nSPS) is 11.2. The van der Waals surface area contributed by atoms with Crippen LogP contribution in [0.4, 0.5) is 0 Å². The molecule has 0 amide bonds. The molecule has 0 aromatic heterocycles. The number of aliphatic hydroxyl groups is 1. The summed E-state index contributed by atoms with van der Waals surface area (Å²) in [5, 5.41) is 17.6. The van der Waals surface area contributed by atoms with E-state index in [9.17, 15) is 4.79 Å². The van der Waals surface area contributed by atoms with Crippen LogP contribution >= 0.6 is 0 Å². The lowest BCUT2D eigenvalue weighted by Gasteiger charge is -2.20. The highest BCUT2D eigenvalue weighted by molar-refractivity contribution is 5.85. The van der Waals surface area contributed by atoms with Crippen LogP contribution in [0.1, 0.15) is 24.5 Å². The molecule has 0 radical (unpaired) electrons. The Morgan fingerprint density at radius 3 is 2.76 bits per heavy atom. The Hall–Kier alpha value is -1.85. The van der Waals surface area contributed by atoms with Gasteiger partial charge >= 0.3 is 5.97 Å². The fourth-order valence-corrected chi connectivity index (χ4v) is 2.07. The van der Waals surface area contributed by atoms with Crippen LogP contribution in [0.5, 0.6) is 5.75 Å². The van der Waals surface area contributed by atoms with E-state index in [2.05, 4.69) is 11.8 Å². The molecule has 1 rings (SSSR count). The molecule has 0 unspecified atom stereocenters. The fourth-order valence-electron chi connectivity index (χ4n) is 2.07. The first-order valence-corrected chi connectivity index (χ1v) is 7.01. The number of ether oxygens (including phenoxy) is 1. The first-order valence-electron chi connectivity index (χ1n) is 7.01. The third kappa shape index (κ3) is 5.97. The van der Waals surface area contributed by atoms with Crippen LogP contribution < -0.4 is 4.74 Å². The zero-order chi connectivity index (χ0) is 15.7. The standard InChI is InChI=1S/C16H23NO4/c1-3-17(9-4-10-18)12-13-5-7-15(21-2)14(11-13)6-8-16(19)20/h5-8,11,18H,3-4,9-10,12H2,1-2H3,(H,19,20)/b8-6+. The first-order chi connectivity index (χ1) is 10.1. The van der Waals surface area contributed by atoms with Gasteiger partial charge in [-0.2, -0.15) is 0 Å². The maximum Gasteiger partial charge on any atom is 0.328 e. The predicted molar refractivity (Wildman–Crippen MR) is 82.3 cm³/mol. The van der Waals surface area contributed by atoms with Gasteiger partial charge in [-0.25, -0.2) is 4.79 Å². The molecule has 0 aliphatic heterocycles. The zero-order valence-electron chi connectivity index (χ0n) is 12.6. The lowest BCUT2D eigenvalue weighted by atomic mass is 10.1. The van der Waals surface area contributed by atoms with Gasteiger partial charge in [-0.15, -0.1) is 0 Å². The molecule has 0 aliphatic carbocycles. The Bertz CT molecular complexity index is 485. The molecule has 5 nitrogen and oxygen atoms in total. The zero-order valence-corrected chi connectivity index (χ0v) is 12.6. The summed E-state index contributed by atoms with van der Waals surface area (Å²) >= 11 is 0. The SMILES string of the molecule is CCN(CCCO)Cc1ccc(OC)c(/C=C/C(=O)O)c1. The van der Waals surface area contributed by atoms with Crippen molar-refractivity contribution in [3.05, 3.63) is 35.4 Å². The van der Waals surface area contributed by atoms with Crippen LogP contribution in [0.15, 0.2) is 24.3 Å². The minimum Gasteiger partial charge on any atom is -0.496 e. The maximum absolute atomic E-state index is 10.6. The van der Waals surface area contributed by atoms with Crippen molar-refractivity contribution < 1.29 is 19.7 Å². The summed E-state index contributed by atoms with van der Waals surface area (Å²) in [5.74, 6) is -0.338. The highest BCUT2D eigenvalue weighted by Crippen LogP contribution is 2.22. The van der Waals surface area contributed by atoms with Gasteiger partial charge in [0.25, 0.3) is 0 Å². The molecule has 0 atom stereocenters. The van der Waals surface area contributed by atoms with Crippen molar-refractivity contribution in [2.45, 2.75) is 19.9 Å². The van der Waals surface area contributed by atoms with Crippen LogP contribution in [-0.4, -0.2) is 47.9 Å². The molecule has 2 N–H and O–H groups in total. The maximum atomic E-state index is 10.6. The summed E-state index contributed by atoms with van der Waals surface area (Å²) in [7, 11) is 1.56. The van der Waals surface area contributed by atoms with Gasteiger partial charge in [0.05, 0.1) is 7.11 Å². The lowest BCUT2D eigenvalue weighted by molar-refractivity contribution is -0.131. The smallest absolute Gasteiger partial charge is 0.328 e. The largest absolute Gasteiger partial charge is 0.496 e. The predicted octanol–water partition coefficient (Wildman–Crippen LogP) is 2.00. The van der Waals surface area contributed by atoms with E-state index in [1.165, 1.54) is 6.08 Å². The van der Waals surface area contributed by atoms with E-state index >= 15 is 0 Å².